The SMILES string of the molecule is CC[Si](C)(CCC(CCN(C)C)(CCN(C)C)CCN(C)C)OC. The molecule has 0 aromatic carbocycles. The molecule has 0 fully saturated rings. The van der Waals surface area contributed by atoms with Gasteiger partial charge in [0.05, 0.1) is 0 Å². The summed E-state index contributed by atoms with van der Waals surface area (Å²) in [7, 11) is 13.6. The molecule has 5 heteroatoms. The summed E-state index contributed by atoms with van der Waals surface area (Å²) in [4.78, 5) is 7.02. The topological polar surface area (TPSA) is 19.0 Å². The Balaban J connectivity index is 5.18. The number of nitrogens with zero attached hydrogens (tertiary/aromatic N) is 3. The highest BCUT2D eigenvalue weighted by molar-refractivity contribution is 6.72. The summed E-state index contributed by atoms with van der Waals surface area (Å²) in [5.41, 5.74) is 0.431. The van der Waals surface area contributed by atoms with Gasteiger partial charge in [0.15, 0.2) is 8.32 Å². The molecule has 146 valence electrons. The van der Waals surface area contributed by atoms with Crippen molar-refractivity contribution in [3.8, 4) is 0 Å². The van der Waals surface area contributed by atoms with E-state index in [1.54, 1.807) is 0 Å². The summed E-state index contributed by atoms with van der Waals surface area (Å²) in [6, 6.07) is 2.50. The van der Waals surface area contributed by atoms with Crippen LogP contribution in [0.5, 0.6) is 0 Å². The fraction of sp³-hybridized carbons (Fsp3) is 1.00. The van der Waals surface area contributed by atoms with E-state index < -0.39 is 8.32 Å². The molecule has 0 aliphatic heterocycles. The van der Waals surface area contributed by atoms with E-state index in [0.29, 0.717) is 5.41 Å². The molecule has 0 amide bonds. The van der Waals surface area contributed by atoms with Gasteiger partial charge < -0.3 is 19.1 Å². The van der Waals surface area contributed by atoms with E-state index >= 15 is 0 Å². The molecule has 4 nitrogen and oxygen atoms in total. The van der Waals surface area contributed by atoms with Gasteiger partial charge in [0.1, 0.15) is 0 Å². The molecule has 1 unspecified atom stereocenters. The monoisotopic (exact) mass is 359 g/mol. The van der Waals surface area contributed by atoms with Crippen LogP contribution in [-0.2, 0) is 4.43 Å². The number of hydrogen-bond donors (Lipinski definition) is 0. The molecule has 0 N–H and O–H groups in total. The minimum absolute atomic E-state index is 0.431. The molecule has 0 radical (unpaired) electrons. The molecule has 0 saturated carbocycles. The van der Waals surface area contributed by atoms with Crippen LogP contribution in [0.25, 0.3) is 0 Å². The summed E-state index contributed by atoms with van der Waals surface area (Å²) < 4.78 is 5.97. The molecule has 0 aliphatic rings. The Morgan fingerprint density at radius 2 is 1.12 bits per heavy atom. The first-order valence-electron chi connectivity index (χ1n) is 9.57. The van der Waals surface area contributed by atoms with Gasteiger partial charge in [-0.1, -0.05) is 6.92 Å². The maximum Gasteiger partial charge on any atom is 0.188 e. The molecular formula is C19H45N3OSi. The van der Waals surface area contributed by atoms with Crippen molar-refractivity contribution in [1.82, 2.24) is 14.7 Å². The lowest BCUT2D eigenvalue weighted by Crippen LogP contribution is -2.38. The van der Waals surface area contributed by atoms with Crippen LogP contribution in [0.1, 0.15) is 32.6 Å². The fourth-order valence-electron chi connectivity index (χ4n) is 3.09. The smallest absolute Gasteiger partial charge is 0.188 e. The van der Waals surface area contributed by atoms with Crippen LogP contribution in [-0.4, -0.2) is 92.0 Å². The first kappa shape index (κ1) is 24.1. The molecule has 0 aliphatic carbocycles. The first-order chi connectivity index (χ1) is 11.1. The minimum atomic E-state index is -1.52. The predicted octanol–water partition coefficient (Wildman–Crippen LogP) is 3.46. The fourth-order valence-corrected chi connectivity index (χ4v) is 4.99. The van der Waals surface area contributed by atoms with Gasteiger partial charge in [-0.25, -0.2) is 0 Å². The second kappa shape index (κ2) is 11.6. The lowest BCUT2D eigenvalue weighted by molar-refractivity contribution is 0.147. The summed E-state index contributed by atoms with van der Waals surface area (Å²) in [6.07, 6.45) is 5.19. The van der Waals surface area contributed by atoms with Gasteiger partial charge in [-0.05, 0) is 112 Å². The second-order valence-corrected chi connectivity index (χ2v) is 13.2. The maximum absolute atomic E-state index is 5.97. The Labute approximate surface area is 153 Å². The van der Waals surface area contributed by atoms with Crippen molar-refractivity contribution < 1.29 is 4.43 Å². The molecule has 0 rings (SSSR count). The zero-order chi connectivity index (χ0) is 18.8. The van der Waals surface area contributed by atoms with Crippen molar-refractivity contribution >= 4 is 8.32 Å². The zero-order valence-corrected chi connectivity index (χ0v) is 19.1. The van der Waals surface area contributed by atoms with Crippen LogP contribution in [0.3, 0.4) is 0 Å². The maximum atomic E-state index is 5.97. The van der Waals surface area contributed by atoms with Crippen LogP contribution in [0.15, 0.2) is 0 Å². The summed E-state index contributed by atoms with van der Waals surface area (Å²) in [5.74, 6) is 0. The normalized spacial score (nSPS) is 15.5. The molecule has 0 heterocycles. The highest BCUT2D eigenvalue weighted by Crippen LogP contribution is 2.39. The quantitative estimate of drug-likeness (QED) is 0.442. The Bertz CT molecular complexity index is 286. The molecule has 24 heavy (non-hydrogen) atoms. The van der Waals surface area contributed by atoms with Crippen molar-refractivity contribution in [3.05, 3.63) is 0 Å². The third-order valence-corrected chi connectivity index (χ3v) is 9.48. The molecule has 1 atom stereocenters. The predicted molar refractivity (Wildman–Crippen MR) is 110 cm³/mol. The van der Waals surface area contributed by atoms with E-state index in [4.69, 9.17) is 4.43 Å². The van der Waals surface area contributed by atoms with Crippen molar-refractivity contribution in [3.63, 3.8) is 0 Å². The van der Waals surface area contributed by atoms with Gasteiger partial charge in [0.2, 0.25) is 0 Å². The highest BCUT2D eigenvalue weighted by atomic mass is 28.4. The van der Waals surface area contributed by atoms with E-state index in [1.165, 1.54) is 57.4 Å². The average molecular weight is 360 g/mol. The third kappa shape index (κ3) is 10.1. The summed E-state index contributed by atoms with van der Waals surface area (Å²) in [5, 5.41) is 0. The van der Waals surface area contributed by atoms with Crippen LogP contribution in [0, 0.1) is 5.41 Å². The van der Waals surface area contributed by atoms with Crippen LogP contribution in [0.4, 0.5) is 0 Å². The van der Waals surface area contributed by atoms with Crippen molar-refractivity contribution in [2.45, 2.75) is 51.2 Å². The van der Waals surface area contributed by atoms with Gasteiger partial charge in [-0.2, -0.15) is 0 Å². The van der Waals surface area contributed by atoms with Gasteiger partial charge in [-0.15, -0.1) is 0 Å². The molecule has 0 saturated heterocycles. The van der Waals surface area contributed by atoms with Crippen LogP contribution >= 0.6 is 0 Å². The summed E-state index contributed by atoms with van der Waals surface area (Å²) >= 11 is 0. The minimum Gasteiger partial charge on any atom is -0.420 e. The van der Waals surface area contributed by atoms with Crippen LogP contribution in [0.2, 0.25) is 18.6 Å². The van der Waals surface area contributed by atoms with Gasteiger partial charge in [-0.3, -0.25) is 0 Å². The van der Waals surface area contributed by atoms with E-state index in [0.717, 1.165) is 0 Å². The van der Waals surface area contributed by atoms with Crippen molar-refractivity contribution in [1.29, 1.82) is 0 Å². The van der Waals surface area contributed by atoms with E-state index in [2.05, 4.69) is 70.5 Å². The van der Waals surface area contributed by atoms with E-state index in [9.17, 15) is 0 Å². The average Bonchev–Trinajstić information content (AvgIpc) is 2.52. The highest BCUT2D eigenvalue weighted by Gasteiger charge is 2.34. The largest absolute Gasteiger partial charge is 0.420 e. The molecule has 0 spiro atoms. The lowest BCUT2D eigenvalue weighted by Gasteiger charge is -2.39. The Hall–Kier alpha value is 0.0569. The Kier molecular flexibility index (Phi) is 11.7. The molecule has 0 aromatic heterocycles. The standard InChI is InChI=1S/C19H45N3OSi/c1-10-24(9,23-8)18-14-19(11-15-20(2)3,12-16-21(4)5)13-17-22(6)7/h10-18H2,1-9H3. The molecule has 0 bridgehead atoms. The Morgan fingerprint density at radius 1 is 0.750 bits per heavy atom. The first-order valence-corrected chi connectivity index (χ1v) is 12.4. The number of hydrogen-bond acceptors (Lipinski definition) is 4. The molecule has 0 aromatic rings. The zero-order valence-electron chi connectivity index (χ0n) is 18.1. The van der Waals surface area contributed by atoms with Crippen LogP contribution < -0.4 is 0 Å². The van der Waals surface area contributed by atoms with Gasteiger partial charge in [0.25, 0.3) is 0 Å². The second-order valence-electron chi connectivity index (χ2n) is 8.67. The van der Waals surface area contributed by atoms with E-state index in [1.807, 2.05) is 7.11 Å². The molecular weight excluding hydrogens is 314 g/mol. The van der Waals surface area contributed by atoms with Gasteiger partial charge in [0, 0.05) is 7.11 Å². The number of rotatable bonds is 14. The van der Waals surface area contributed by atoms with Crippen molar-refractivity contribution in [2.75, 3.05) is 69.0 Å². The summed E-state index contributed by atoms with van der Waals surface area (Å²) in [6.45, 7) is 8.24. The van der Waals surface area contributed by atoms with Crippen molar-refractivity contribution in [2.24, 2.45) is 5.41 Å². The third-order valence-electron chi connectivity index (χ3n) is 5.69. The van der Waals surface area contributed by atoms with E-state index in [-0.39, 0.29) is 0 Å². The Morgan fingerprint density at radius 3 is 1.38 bits per heavy atom. The lowest BCUT2D eigenvalue weighted by atomic mass is 9.75. The van der Waals surface area contributed by atoms with Gasteiger partial charge >= 0.3 is 0 Å².